The van der Waals surface area contributed by atoms with Crippen LogP contribution in [0.3, 0.4) is 0 Å². The third-order valence-corrected chi connectivity index (χ3v) is 5.37. The van der Waals surface area contributed by atoms with Crippen LogP contribution in [0.5, 0.6) is 5.75 Å². The number of rotatable bonds is 6. The summed E-state index contributed by atoms with van der Waals surface area (Å²) in [5.74, 6) is 1.07. The summed E-state index contributed by atoms with van der Waals surface area (Å²) >= 11 is 1.63. The van der Waals surface area contributed by atoms with E-state index in [9.17, 15) is 4.79 Å². The Morgan fingerprint density at radius 2 is 1.88 bits per heavy atom. The second-order valence-corrected chi connectivity index (χ2v) is 8.57. The van der Waals surface area contributed by atoms with Gasteiger partial charge >= 0.3 is 6.03 Å². The average molecular weight is 376 g/mol. The maximum absolute atomic E-state index is 12.4. The van der Waals surface area contributed by atoms with Gasteiger partial charge in [0, 0.05) is 10.8 Å². The minimum Gasteiger partial charge on any atom is -0.497 e. The molecular formula is C20H29N3O2S. The lowest BCUT2D eigenvalue weighted by Crippen LogP contribution is -2.39. The molecule has 1 aromatic carbocycles. The molecular weight excluding hydrogens is 346 g/mol. The van der Waals surface area contributed by atoms with Crippen molar-refractivity contribution in [3.8, 4) is 5.75 Å². The molecule has 2 rings (SSSR count). The van der Waals surface area contributed by atoms with Crippen LogP contribution in [0.4, 0.5) is 4.79 Å². The van der Waals surface area contributed by atoms with Gasteiger partial charge in [-0.25, -0.2) is 9.78 Å². The predicted octanol–water partition coefficient (Wildman–Crippen LogP) is 4.65. The van der Waals surface area contributed by atoms with Gasteiger partial charge in [-0.05, 0) is 23.6 Å². The smallest absolute Gasteiger partial charge is 0.315 e. The first kappa shape index (κ1) is 20.2. The van der Waals surface area contributed by atoms with E-state index in [2.05, 4.69) is 50.2 Å². The van der Waals surface area contributed by atoms with E-state index in [4.69, 9.17) is 4.74 Å². The van der Waals surface area contributed by atoms with Gasteiger partial charge in [-0.1, -0.05) is 46.8 Å². The molecule has 2 amide bonds. The van der Waals surface area contributed by atoms with E-state index < -0.39 is 0 Å². The first-order valence-electron chi connectivity index (χ1n) is 8.84. The Morgan fingerprint density at radius 3 is 2.38 bits per heavy atom. The number of urea groups is 1. The van der Waals surface area contributed by atoms with E-state index in [1.807, 2.05) is 29.6 Å². The minimum atomic E-state index is -0.190. The lowest BCUT2D eigenvalue weighted by atomic mass is 9.96. The molecule has 0 aliphatic rings. The molecule has 0 fully saturated rings. The van der Waals surface area contributed by atoms with Gasteiger partial charge in [0.25, 0.3) is 0 Å². The fraction of sp³-hybridized carbons (Fsp3) is 0.500. The number of hydrogen-bond acceptors (Lipinski definition) is 4. The monoisotopic (exact) mass is 375 g/mol. The first-order chi connectivity index (χ1) is 12.2. The normalized spacial score (nSPS) is 12.7. The Morgan fingerprint density at radius 1 is 1.23 bits per heavy atom. The summed E-state index contributed by atoms with van der Waals surface area (Å²) in [4.78, 5) is 17.0. The largest absolute Gasteiger partial charge is 0.497 e. The zero-order chi connectivity index (χ0) is 19.3. The second-order valence-electron chi connectivity index (χ2n) is 7.72. The third kappa shape index (κ3) is 5.46. The highest BCUT2D eigenvalue weighted by atomic mass is 32.1. The molecule has 142 valence electrons. The zero-order valence-electron chi connectivity index (χ0n) is 16.4. The number of carbonyl (C=O) groups is 1. The highest BCUT2D eigenvalue weighted by Crippen LogP contribution is 2.26. The quantitative estimate of drug-likeness (QED) is 0.773. The standard InChI is InChI=1S/C20H29N3O2S/c1-13(2)17(14-7-9-16(25-6)10-8-14)23-19(24)21-11-15-12-26-18(22-15)20(3,4)5/h7-10,12-13,17H,11H2,1-6H3,(H2,21,23,24). The zero-order valence-corrected chi connectivity index (χ0v) is 17.2. The molecule has 5 nitrogen and oxygen atoms in total. The summed E-state index contributed by atoms with van der Waals surface area (Å²) in [6.45, 7) is 11.0. The van der Waals surface area contributed by atoms with Crippen molar-refractivity contribution in [1.29, 1.82) is 0 Å². The van der Waals surface area contributed by atoms with Gasteiger partial charge in [0.15, 0.2) is 0 Å². The molecule has 2 aromatic rings. The fourth-order valence-electron chi connectivity index (χ4n) is 2.54. The second kappa shape index (κ2) is 8.54. The van der Waals surface area contributed by atoms with Crippen LogP contribution in [0.15, 0.2) is 29.6 Å². The lowest BCUT2D eigenvalue weighted by molar-refractivity contribution is 0.232. The van der Waals surface area contributed by atoms with E-state index in [1.54, 1.807) is 18.4 Å². The van der Waals surface area contributed by atoms with Crippen LogP contribution in [0.2, 0.25) is 0 Å². The Kier molecular flexibility index (Phi) is 6.64. The maximum atomic E-state index is 12.4. The maximum Gasteiger partial charge on any atom is 0.315 e. The molecule has 1 unspecified atom stereocenters. The predicted molar refractivity (Wildman–Crippen MR) is 107 cm³/mol. The van der Waals surface area contributed by atoms with Crippen molar-refractivity contribution in [3.63, 3.8) is 0 Å². The van der Waals surface area contributed by atoms with E-state index in [-0.39, 0.29) is 23.4 Å². The van der Waals surface area contributed by atoms with Crippen molar-refractivity contribution in [2.24, 2.45) is 5.92 Å². The summed E-state index contributed by atoms with van der Waals surface area (Å²) in [7, 11) is 1.64. The van der Waals surface area contributed by atoms with Crippen molar-refractivity contribution in [3.05, 3.63) is 45.9 Å². The van der Waals surface area contributed by atoms with E-state index >= 15 is 0 Å². The molecule has 6 heteroatoms. The molecule has 0 saturated carbocycles. The van der Waals surface area contributed by atoms with E-state index in [0.717, 1.165) is 22.0 Å². The summed E-state index contributed by atoms with van der Waals surface area (Å²) in [5, 5.41) is 9.05. The number of methoxy groups -OCH3 is 1. The molecule has 0 aliphatic carbocycles. The number of nitrogens with zero attached hydrogens (tertiary/aromatic N) is 1. The molecule has 26 heavy (non-hydrogen) atoms. The summed E-state index contributed by atoms with van der Waals surface area (Å²) in [6, 6.07) is 7.53. The first-order valence-corrected chi connectivity index (χ1v) is 9.72. The van der Waals surface area contributed by atoms with Gasteiger partial charge in [-0.3, -0.25) is 0 Å². The van der Waals surface area contributed by atoms with Crippen molar-refractivity contribution in [1.82, 2.24) is 15.6 Å². The Hall–Kier alpha value is -2.08. The van der Waals surface area contributed by atoms with Gasteiger partial charge in [0.2, 0.25) is 0 Å². The van der Waals surface area contributed by atoms with Crippen LogP contribution in [0, 0.1) is 5.92 Å². The van der Waals surface area contributed by atoms with E-state index in [0.29, 0.717) is 6.54 Å². The van der Waals surface area contributed by atoms with Crippen molar-refractivity contribution < 1.29 is 9.53 Å². The van der Waals surface area contributed by atoms with Gasteiger partial charge in [0.05, 0.1) is 30.4 Å². The van der Waals surface area contributed by atoms with Crippen LogP contribution in [-0.4, -0.2) is 18.1 Å². The fourth-order valence-corrected chi connectivity index (χ4v) is 3.45. The van der Waals surface area contributed by atoms with Gasteiger partial charge in [-0.15, -0.1) is 11.3 Å². The molecule has 0 bridgehead atoms. The number of thiazole rings is 1. The number of hydrogen-bond donors (Lipinski definition) is 2. The number of amides is 2. The summed E-state index contributed by atoms with van der Waals surface area (Å²) < 4.78 is 5.20. The Labute approximate surface area is 160 Å². The number of carbonyl (C=O) groups excluding carboxylic acids is 1. The molecule has 0 aliphatic heterocycles. The van der Waals surface area contributed by atoms with Gasteiger partial charge < -0.3 is 15.4 Å². The molecule has 1 heterocycles. The van der Waals surface area contributed by atoms with Crippen molar-refractivity contribution in [2.75, 3.05) is 7.11 Å². The molecule has 1 atom stereocenters. The summed E-state index contributed by atoms with van der Waals surface area (Å²) in [5.41, 5.74) is 1.97. The van der Waals surface area contributed by atoms with E-state index in [1.165, 1.54) is 0 Å². The number of ether oxygens (including phenoxy) is 1. The number of benzene rings is 1. The molecule has 0 radical (unpaired) electrons. The Balaban J connectivity index is 1.96. The molecule has 0 saturated heterocycles. The van der Waals surface area contributed by atoms with Gasteiger partial charge in [0.1, 0.15) is 5.75 Å². The van der Waals surface area contributed by atoms with Crippen LogP contribution in [-0.2, 0) is 12.0 Å². The third-order valence-electron chi connectivity index (χ3n) is 4.05. The topological polar surface area (TPSA) is 63.2 Å². The minimum absolute atomic E-state index is 0.0300. The van der Waals surface area contributed by atoms with Crippen LogP contribution in [0.1, 0.15) is 56.9 Å². The molecule has 2 N–H and O–H groups in total. The van der Waals surface area contributed by atoms with Crippen LogP contribution >= 0.6 is 11.3 Å². The number of nitrogens with one attached hydrogen (secondary N) is 2. The van der Waals surface area contributed by atoms with Crippen molar-refractivity contribution in [2.45, 2.75) is 52.6 Å². The number of aromatic nitrogens is 1. The van der Waals surface area contributed by atoms with Gasteiger partial charge in [-0.2, -0.15) is 0 Å². The van der Waals surface area contributed by atoms with Crippen LogP contribution < -0.4 is 15.4 Å². The molecule has 0 spiro atoms. The van der Waals surface area contributed by atoms with Crippen molar-refractivity contribution >= 4 is 17.4 Å². The average Bonchev–Trinajstić information content (AvgIpc) is 3.07. The van der Waals surface area contributed by atoms with Crippen LogP contribution in [0.25, 0.3) is 0 Å². The lowest BCUT2D eigenvalue weighted by Gasteiger charge is -2.23. The molecule has 1 aromatic heterocycles. The highest BCUT2D eigenvalue weighted by Gasteiger charge is 2.20. The Bertz CT molecular complexity index is 717. The highest BCUT2D eigenvalue weighted by molar-refractivity contribution is 7.09. The SMILES string of the molecule is COc1ccc(C(NC(=O)NCc2csc(C(C)(C)C)n2)C(C)C)cc1. The summed E-state index contributed by atoms with van der Waals surface area (Å²) in [6.07, 6.45) is 0.